The number of aromatic nitrogens is 2. The van der Waals surface area contributed by atoms with Crippen LogP contribution in [-0.2, 0) is 16.6 Å². The summed E-state index contributed by atoms with van der Waals surface area (Å²) in [7, 11) is -3.78. The summed E-state index contributed by atoms with van der Waals surface area (Å²) in [5.74, 6) is -0.943. The Kier molecular flexibility index (Phi) is 5.80. The monoisotopic (exact) mass is 426 g/mol. The minimum atomic E-state index is -3.78. The molecule has 2 N–H and O–H groups in total. The fourth-order valence-corrected chi connectivity index (χ4v) is 4.06. The second-order valence-corrected chi connectivity index (χ2v) is 8.51. The highest BCUT2D eigenvalue weighted by Gasteiger charge is 2.17. The van der Waals surface area contributed by atoms with Gasteiger partial charge in [0.25, 0.3) is 5.91 Å². The average molecular weight is 427 g/mol. The third-order valence-electron chi connectivity index (χ3n) is 3.28. The minimum absolute atomic E-state index is 0.0220. The Hall–Kier alpha value is -2.40. The molecule has 0 atom stereocenters. The van der Waals surface area contributed by atoms with E-state index in [0.29, 0.717) is 15.7 Å². The highest BCUT2D eigenvalue weighted by Crippen LogP contribution is 2.17. The molecule has 1 heterocycles. The maximum Gasteiger partial charge on any atom is 0.286 e. The average Bonchev–Trinajstić information content (AvgIpc) is 3.11. The van der Waals surface area contributed by atoms with E-state index in [2.05, 4.69) is 20.2 Å². The molecule has 2 aromatic carbocycles. The Balaban J connectivity index is 1.63. The number of carbonyl (C=O) groups excluding carboxylic acids is 1. The number of rotatable bonds is 6. The molecule has 0 bridgehead atoms. The predicted molar refractivity (Wildman–Crippen MR) is 99.7 cm³/mol. The molecule has 3 rings (SSSR count). The van der Waals surface area contributed by atoms with Gasteiger partial charge in [0, 0.05) is 10.7 Å². The van der Waals surface area contributed by atoms with Crippen molar-refractivity contribution in [1.82, 2.24) is 14.9 Å². The second kappa shape index (κ2) is 8.09. The summed E-state index contributed by atoms with van der Waals surface area (Å²) in [6, 6.07) is 11.1. The lowest BCUT2D eigenvalue weighted by atomic mass is 10.3. The summed E-state index contributed by atoms with van der Waals surface area (Å²) >= 11 is 6.74. The molecule has 0 radical (unpaired) electrons. The van der Waals surface area contributed by atoms with Crippen LogP contribution in [0, 0.1) is 5.82 Å². The van der Waals surface area contributed by atoms with E-state index in [1.165, 1.54) is 42.5 Å². The van der Waals surface area contributed by atoms with Crippen molar-refractivity contribution >= 4 is 44.6 Å². The van der Waals surface area contributed by atoms with E-state index in [4.69, 9.17) is 11.6 Å². The smallest absolute Gasteiger partial charge is 0.286 e. The van der Waals surface area contributed by atoms with Gasteiger partial charge in [0.1, 0.15) is 10.8 Å². The molecule has 0 saturated heterocycles. The van der Waals surface area contributed by atoms with Crippen molar-refractivity contribution in [1.29, 1.82) is 0 Å². The normalized spacial score (nSPS) is 11.3. The molecule has 11 heteroatoms. The number of hydrogen-bond donors (Lipinski definition) is 2. The first-order valence-electron chi connectivity index (χ1n) is 7.48. The van der Waals surface area contributed by atoms with Crippen LogP contribution in [0.2, 0.25) is 5.02 Å². The van der Waals surface area contributed by atoms with Crippen LogP contribution in [0.25, 0.3) is 0 Å². The third kappa shape index (κ3) is 5.07. The fourth-order valence-electron chi connectivity index (χ4n) is 2.01. The van der Waals surface area contributed by atoms with Gasteiger partial charge in [-0.15, -0.1) is 10.2 Å². The van der Waals surface area contributed by atoms with Gasteiger partial charge in [-0.05, 0) is 42.5 Å². The topological polar surface area (TPSA) is 101 Å². The van der Waals surface area contributed by atoms with Gasteiger partial charge in [-0.3, -0.25) is 4.79 Å². The van der Waals surface area contributed by atoms with Crippen LogP contribution in [0.3, 0.4) is 0 Å². The predicted octanol–water partition coefficient (Wildman–Crippen LogP) is 3.06. The SMILES string of the molecule is O=C(Nc1ccc(F)cc1)c1nnc(CNS(=O)(=O)c2cccc(Cl)c2)s1. The van der Waals surface area contributed by atoms with Gasteiger partial charge in [0.05, 0.1) is 11.4 Å². The standard InChI is InChI=1S/C16H12ClFN4O3S2/c17-10-2-1-3-13(8-10)27(24,25)19-9-14-21-22-16(26-14)15(23)20-12-6-4-11(18)5-7-12/h1-8,19H,9H2,(H,20,23). The maximum atomic E-state index is 12.9. The molecule has 0 spiro atoms. The number of nitrogens with zero attached hydrogens (tertiary/aromatic N) is 2. The van der Waals surface area contributed by atoms with Crippen molar-refractivity contribution in [2.45, 2.75) is 11.4 Å². The molecule has 140 valence electrons. The summed E-state index contributed by atoms with van der Waals surface area (Å²) in [5.41, 5.74) is 0.403. The quantitative estimate of drug-likeness (QED) is 0.630. The zero-order valence-corrected chi connectivity index (χ0v) is 15.9. The fraction of sp³-hybridized carbons (Fsp3) is 0.0625. The molecule has 0 fully saturated rings. The molecule has 27 heavy (non-hydrogen) atoms. The third-order valence-corrected chi connectivity index (χ3v) is 5.84. The van der Waals surface area contributed by atoms with Crippen LogP contribution in [0.5, 0.6) is 0 Å². The minimum Gasteiger partial charge on any atom is -0.320 e. The highest BCUT2D eigenvalue weighted by molar-refractivity contribution is 7.89. The summed E-state index contributed by atoms with van der Waals surface area (Å²) in [4.78, 5) is 12.1. The molecule has 7 nitrogen and oxygen atoms in total. The Labute approximate surface area is 163 Å². The van der Waals surface area contributed by atoms with Crippen LogP contribution >= 0.6 is 22.9 Å². The number of anilines is 1. The summed E-state index contributed by atoms with van der Waals surface area (Å²) in [5, 5.41) is 10.8. The molecule has 0 aliphatic carbocycles. The summed E-state index contributed by atoms with van der Waals surface area (Å²) in [6.45, 7) is -0.129. The van der Waals surface area contributed by atoms with E-state index >= 15 is 0 Å². The molecule has 1 amide bonds. The van der Waals surface area contributed by atoms with Crippen LogP contribution < -0.4 is 10.0 Å². The zero-order chi connectivity index (χ0) is 19.4. The van der Waals surface area contributed by atoms with Crippen LogP contribution in [0.15, 0.2) is 53.4 Å². The number of hydrogen-bond acceptors (Lipinski definition) is 6. The summed E-state index contributed by atoms with van der Waals surface area (Å²) < 4.78 is 39.7. The molecular formula is C16H12ClFN4O3S2. The lowest BCUT2D eigenvalue weighted by Gasteiger charge is -2.05. The van der Waals surface area contributed by atoms with E-state index in [1.54, 1.807) is 6.07 Å². The van der Waals surface area contributed by atoms with Crippen LogP contribution in [-0.4, -0.2) is 24.5 Å². The van der Waals surface area contributed by atoms with Gasteiger partial charge in [-0.25, -0.2) is 17.5 Å². The molecule has 0 aliphatic heterocycles. The maximum absolute atomic E-state index is 12.9. The van der Waals surface area contributed by atoms with Gasteiger partial charge in [-0.2, -0.15) is 0 Å². The van der Waals surface area contributed by atoms with E-state index in [-0.39, 0.29) is 16.4 Å². The van der Waals surface area contributed by atoms with Gasteiger partial charge in [-0.1, -0.05) is 29.0 Å². The Morgan fingerprint density at radius 3 is 2.59 bits per heavy atom. The van der Waals surface area contributed by atoms with Gasteiger partial charge in [0.15, 0.2) is 0 Å². The van der Waals surface area contributed by atoms with Crippen molar-refractivity contribution < 1.29 is 17.6 Å². The van der Waals surface area contributed by atoms with Gasteiger partial charge in [0.2, 0.25) is 15.0 Å². The van der Waals surface area contributed by atoms with Crippen molar-refractivity contribution in [2.24, 2.45) is 0 Å². The highest BCUT2D eigenvalue weighted by atomic mass is 35.5. The van der Waals surface area contributed by atoms with Crippen LogP contribution in [0.1, 0.15) is 14.8 Å². The number of nitrogens with one attached hydrogen (secondary N) is 2. The van der Waals surface area contributed by atoms with Crippen molar-refractivity contribution in [3.8, 4) is 0 Å². The number of halogens is 2. The molecule has 3 aromatic rings. The first-order chi connectivity index (χ1) is 12.8. The Bertz CT molecular complexity index is 1070. The Morgan fingerprint density at radius 2 is 1.89 bits per heavy atom. The van der Waals surface area contributed by atoms with Gasteiger partial charge >= 0.3 is 0 Å². The van der Waals surface area contributed by atoms with E-state index in [9.17, 15) is 17.6 Å². The first kappa shape index (κ1) is 19.4. The van der Waals surface area contributed by atoms with Crippen molar-refractivity contribution in [2.75, 3.05) is 5.32 Å². The lowest BCUT2D eigenvalue weighted by molar-refractivity contribution is 0.102. The van der Waals surface area contributed by atoms with E-state index < -0.39 is 21.7 Å². The number of amides is 1. The molecule has 0 aliphatic rings. The Morgan fingerprint density at radius 1 is 1.15 bits per heavy atom. The molecule has 0 saturated carbocycles. The number of sulfonamides is 1. The summed E-state index contributed by atoms with van der Waals surface area (Å²) in [6.07, 6.45) is 0. The van der Waals surface area contributed by atoms with Crippen molar-refractivity contribution in [3.05, 3.63) is 69.4 Å². The lowest BCUT2D eigenvalue weighted by Crippen LogP contribution is -2.23. The molecule has 0 unspecified atom stereocenters. The zero-order valence-electron chi connectivity index (χ0n) is 13.5. The largest absolute Gasteiger partial charge is 0.320 e. The second-order valence-electron chi connectivity index (χ2n) is 5.24. The number of benzene rings is 2. The first-order valence-corrected chi connectivity index (χ1v) is 10.2. The van der Waals surface area contributed by atoms with Gasteiger partial charge < -0.3 is 5.32 Å². The van der Waals surface area contributed by atoms with E-state index in [1.807, 2.05) is 0 Å². The van der Waals surface area contributed by atoms with E-state index in [0.717, 1.165) is 11.3 Å². The molecular weight excluding hydrogens is 415 g/mol. The number of carbonyl (C=O) groups is 1. The molecule has 1 aromatic heterocycles. The van der Waals surface area contributed by atoms with Crippen molar-refractivity contribution in [3.63, 3.8) is 0 Å². The van der Waals surface area contributed by atoms with Crippen LogP contribution in [0.4, 0.5) is 10.1 Å².